The van der Waals surface area contributed by atoms with Crippen LogP contribution in [0, 0.1) is 11.3 Å². The molecule has 0 amide bonds. The van der Waals surface area contributed by atoms with Crippen LogP contribution in [0.25, 0.3) is 11.6 Å². The largest absolute Gasteiger partial charge is 0.366 e. The molecule has 0 saturated carbocycles. The minimum Gasteiger partial charge on any atom is -0.366 e. The van der Waals surface area contributed by atoms with E-state index in [1.807, 2.05) is 30.3 Å². The fourth-order valence-electron chi connectivity index (χ4n) is 4.17. The number of nitriles is 1. The Balaban J connectivity index is 2.02. The molecule has 1 aliphatic rings. The van der Waals surface area contributed by atoms with Crippen LogP contribution in [-0.4, -0.2) is 12.1 Å². The van der Waals surface area contributed by atoms with Crippen molar-refractivity contribution in [1.29, 1.82) is 5.26 Å². The summed E-state index contributed by atoms with van der Waals surface area (Å²) in [5.41, 5.74) is 5.46. The van der Waals surface area contributed by atoms with Crippen LogP contribution >= 0.6 is 11.6 Å². The van der Waals surface area contributed by atoms with E-state index >= 15 is 0 Å². The van der Waals surface area contributed by atoms with Gasteiger partial charge >= 0.3 is 0 Å². The molecule has 0 radical (unpaired) electrons. The standard InChI is InChI=1S/C23H25ClN2/c1-5-26-22-11-6-17(13-21(22)16(2)14-23(26,3)4)12-19(15-25)18-7-9-20(24)10-8-18/h6-13,16H,5,14H2,1-4H3/b19-12+. The Morgan fingerprint density at radius 1 is 1.27 bits per heavy atom. The Kier molecular flexibility index (Phi) is 5.12. The van der Waals surface area contributed by atoms with E-state index in [2.05, 4.69) is 56.9 Å². The molecule has 1 heterocycles. The number of rotatable bonds is 3. The van der Waals surface area contributed by atoms with E-state index < -0.39 is 0 Å². The molecule has 0 saturated heterocycles. The van der Waals surface area contributed by atoms with Crippen molar-refractivity contribution in [3.05, 3.63) is 64.2 Å². The van der Waals surface area contributed by atoms with Crippen molar-refractivity contribution in [3.8, 4) is 6.07 Å². The number of hydrogen-bond donors (Lipinski definition) is 0. The summed E-state index contributed by atoms with van der Waals surface area (Å²) in [4.78, 5) is 2.49. The summed E-state index contributed by atoms with van der Waals surface area (Å²) in [6.45, 7) is 10.1. The summed E-state index contributed by atoms with van der Waals surface area (Å²) >= 11 is 5.96. The van der Waals surface area contributed by atoms with Gasteiger partial charge in [-0.2, -0.15) is 5.26 Å². The zero-order chi connectivity index (χ0) is 18.9. The van der Waals surface area contributed by atoms with E-state index in [1.54, 1.807) is 0 Å². The molecule has 2 aromatic carbocycles. The molecule has 2 aromatic rings. The van der Waals surface area contributed by atoms with Crippen molar-refractivity contribution in [2.24, 2.45) is 0 Å². The molecule has 134 valence electrons. The number of allylic oxidation sites excluding steroid dienone is 1. The van der Waals surface area contributed by atoms with Crippen LogP contribution in [-0.2, 0) is 0 Å². The molecule has 0 bridgehead atoms. The van der Waals surface area contributed by atoms with Gasteiger partial charge in [0.25, 0.3) is 0 Å². The first kappa shape index (κ1) is 18.5. The van der Waals surface area contributed by atoms with Gasteiger partial charge in [-0.25, -0.2) is 0 Å². The van der Waals surface area contributed by atoms with Gasteiger partial charge in [-0.15, -0.1) is 0 Å². The number of anilines is 1. The molecule has 0 N–H and O–H groups in total. The lowest BCUT2D eigenvalue weighted by atomic mass is 9.79. The Labute approximate surface area is 161 Å². The van der Waals surface area contributed by atoms with E-state index in [0.717, 1.165) is 24.1 Å². The topological polar surface area (TPSA) is 27.0 Å². The van der Waals surface area contributed by atoms with Gasteiger partial charge in [0.15, 0.2) is 0 Å². The minimum atomic E-state index is 0.166. The van der Waals surface area contributed by atoms with Gasteiger partial charge in [0, 0.05) is 22.8 Å². The Morgan fingerprint density at radius 2 is 1.96 bits per heavy atom. The van der Waals surface area contributed by atoms with Crippen LogP contribution in [0.2, 0.25) is 5.02 Å². The lowest BCUT2D eigenvalue weighted by molar-refractivity contribution is 0.381. The highest BCUT2D eigenvalue weighted by atomic mass is 35.5. The summed E-state index contributed by atoms with van der Waals surface area (Å²) in [6.07, 6.45) is 3.09. The molecule has 2 nitrogen and oxygen atoms in total. The van der Waals surface area contributed by atoms with E-state index in [0.29, 0.717) is 16.5 Å². The molecule has 0 aliphatic carbocycles. The predicted molar refractivity (Wildman–Crippen MR) is 112 cm³/mol. The highest BCUT2D eigenvalue weighted by Gasteiger charge is 2.35. The second-order valence-corrected chi connectivity index (χ2v) is 8.09. The van der Waals surface area contributed by atoms with E-state index in [1.165, 1.54) is 11.3 Å². The number of hydrogen-bond acceptors (Lipinski definition) is 2. The number of fused-ring (bicyclic) bond motifs is 1. The second kappa shape index (κ2) is 7.17. The number of benzene rings is 2. The molecular formula is C23H25ClN2. The van der Waals surface area contributed by atoms with Gasteiger partial charge in [-0.05, 0) is 80.1 Å². The first-order chi connectivity index (χ1) is 12.4. The summed E-state index contributed by atoms with van der Waals surface area (Å²) in [7, 11) is 0. The fraction of sp³-hybridized carbons (Fsp3) is 0.348. The maximum Gasteiger partial charge on any atom is 0.0998 e. The SMILES string of the molecule is CCN1c2ccc(/C=C(\C#N)c3ccc(Cl)cc3)cc2C(C)CC1(C)C. The zero-order valence-corrected chi connectivity index (χ0v) is 16.6. The highest BCUT2D eigenvalue weighted by molar-refractivity contribution is 6.30. The van der Waals surface area contributed by atoms with Crippen LogP contribution in [0.5, 0.6) is 0 Å². The fourth-order valence-corrected chi connectivity index (χ4v) is 4.30. The molecule has 0 aromatic heterocycles. The van der Waals surface area contributed by atoms with Gasteiger partial charge in [0.1, 0.15) is 0 Å². The lowest BCUT2D eigenvalue weighted by Gasteiger charge is -2.47. The molecule has 0 spiro atoms. The third-order valence-electron chi connectivity index (χ3n) is 5.31. The smallest absolute Gasteiger partial charge is 0.0998 e. The maximum atomic E-state index is 9.59. The molecule has 3 heteroatoms. The van der Waals surface area contributed by atoms with Gasteiger partial charge < -0.3 is 4.90 Å². The second-order valence-electron chi connectivity index (χ2n) is 7.66. The number of nitrogens with zero attached hydrogens (tertiary/aromatic N) is 2. The lowest BCUT2D eigenvalue weighted by Crippen LogP contribution is -2.48. The zero-order valence-electron chi connectivity index (χ0n) is 15.9. The van der Waals surface area contributed by atoms with Crippen molar-refractivity contribution < 1.29 is 0 Å². The van der Waals surface area contributed by atoms with Crippen LogP contribution in [0.3, 0.4) is 0 Å². The third kappa shape index (κ3) is 3.50. The van der Waals surface area contributed by atoms with Crippen molar-refractivity contribution in [2.45, 2.75) is 45.6 Å². The quantitative estimate of drug-likeness (QED) is 0.458. The first-order valence-electron chi connectivity index (χ1n) is 9.15. The van der Waals surface area contributed by atoms with E-state index in [4.69, 9.17) is 11.6 Å². The normalized spacial score (nSPS) is 19.0. The maximum absolute atomic E-state index is 9.59. The summed E-state index contributed by atoms with van der Waals surface area (Å²) in [6, 6.07) is 16.3. The minimum absolute atomic E-state index is 0.166. The molecular weight excluding hydrogens is 340 g/mol. The number of halogens is 1. The van der Waals surface area contributed by atoms with Crippen molar-refractivity contribution >= 4 is 28.9 Å². The van der Waals surface area contributed by atoms with Crippen molar-refractivity contribution in [1.82, 2.24) is 0 Å². The van der Waals surface area contributed by atoms with Gasteiger partial charge in [0.05, 0.1) is 11.6 Å². The predicted octanol–water partition coefficient (Wildman–Crippen LogP) is 6.52. The molecule has 3 rings (SSSR count). The van der Waals surface area contributed by atoms with Gasteiger partial charge in [-0.3, -0.25) is 0 Å². The van der Waals surface area contributed by atoms with Crippen molar-refractivity contribution in [3.63, 3.8) is 0 Å². The molecule has 1 aliphatic heterocycles. The van der Waals surface area contributed by atoms with Gasteiger partial charge in [0.2, 0.25) is 0 Å². The Morgan fingerprint density at radius 3 is 2.58 bits per heavy atom. The molecule has 0 fully saturated rings. The van der Waals surface area contributed by atoms with Crippen LogP contribution < -0.4 is 4.90 Å². The average molecular weight is 365 g/mol. The highest BCUT2D eigenvalue weighted by Crippen LogP contribution is 2.43. The Bertz CT molecular complexity index is 872. The van der Waals surface area contributed by atoms with Gasteiger partial charge in [-0.1, -0.05) is 36.7 Å². The van der Waals surface area contributed by atoms with Crippen LogP contribution in [0.4, 0.5) is 5.69 Å². The molecule has 1 unspecified atom stereocenters. The third-order valence-corrected chi connectivity index (χ3v) is 5.56. The molecule has 26 heavy (non-hydrogen) atoms. The average Bonchev–Trinajstić information content (AvgIpc) is 2.60. The Hall–Kier alpha value is -2.24. The van der Waals surface area contributed by atoms with Crippen molar-refractivity contribution in [2.75, 3.05) is 11.4 Å². The summed E-state index contributed by atoms with van der Waals surface area (Å²) < 4.78 is 0. The molecule has 1 atom stereocenters. The van der Waals surface area contributed by atoms with E-state index in [9.17, 15) is 5.26 Å². The first-order valence-corrected chi connectivity index (χ1v) is 9.53. The van der Waals surface area contributed by atoms with Crippen LogP contribution in [0.1, 0.15) is 56.7 Å². The van der Waals surface area contributed by atoms with Crippen LogP contribution in [0.15, 0.2) is 42.5 Å². The van der Waals surface area contributed by atoms with E-state index in [-0.39, 0.29) is 5.54 Å². The monoisotopic (exact) mass is 364 g/mol. The summed E-state index contributed by atoms with van der Waals surface area (Å²) in [5, 5.41) is 10.3. The summed E-state index contributed by atoms with van der Waals surface area (Å²) in [5.74, 6) is 0.497.